The molecule has 0 aromatic heterocycles. The molecule has 2 aliphatic rings. The Balaban J connectivity index is 1.94. The second kappa shape index (κ2) is 5.69. The molecule has 0 N–H and O–H groups in total. The average Bonchev–Trinajstić information content (AvgIpc) is 2.46. The number of benzene rings is 1. The number of rotatable bonds is 2. The molecule has 1 saturated carbocycles. The van der Waals surface area contributed by atoms with Crippen molar-refractivity contribution < 1.29 is 12.8 Å². The number of piperidine rings is 1. The van der Waals surface area contributed by atoms with Gasteiger partial charge in [0, 0.05) is 12.6 Å². The first kappa shape index (κ1) is 15.0. The van der Waals surface area contributed by atoms with E-state index < -0.39 is 16.2 Å². The molecule has 1 aliphatic heterocycles. The van der Waals surface area contributed by atoms with Gasteiger partial charge in [-0.3, -0.25) is 0 Å². The normalized spacial score (nSPS) is 30.9. The summed E-state index contributed by atoms with van der Waals surface area (Å²) in [6.45, 7) is 1.93. The van der Waals surface area contributed by atoms with Crippen molar-refractivity contribution in [3.05, 3.63) is 29.8 Å². The monoisotopic (exact) mass is 311 g/mol. The number of fused-ring (bicyclic) bond motifs is 1. The van der Waals surface area contributed by atoms with Crippen LogP contribution in [0.4, 0.5) is 4.39 Å². The molecule has 5 heteroatoms. The van der Waals surface area contributed by atoms with Gasteiger partial charge in [-0.25, -0.2) is 12.8 Å². The standard InChI is InChI=1S/C16H22FNO2S/c1-12-6-8-15(9-7-12)21(19,20)18-11-14(17)10-13-4-2-3-5-16(13)18/h6-9,13-14,16H,2-5,10-11H2,1H3/t13-,14?,16+/m0/s1. The molecule has 2 fully saturated rings. The van der Waals surface area contributed by atoms with Crippen molar-refractivity contribution in [2.45, 2.75) is 56.1 Å². The van der Waals surface area contributed by atoms with E-state index in [-0.39, 0.29) is 23.4 Å². The highest BCUT2D eigenvalue weighted by Crippen LogP contribution is 2.38. The van der Waals surface area contributed by atoms with Crippen molar-refractivity contribution in [1.82, 2.24) is 4.31 Å². The topological polar surface area (TPSA) is 37.4 Å². The van der Waals surface area contributed by atoms with E-state index in [4.69, 9.17) is 0 Å². The molecule has 3 rings (SSSR count). The number of aryl methyl sites for hydroxylation is 1. The van der Waals surface area contributed by atoms with Gasteiger partial charge in [-0.1, -0.05) is 30.5 Å². The third-order valence-electron chi connectivity index (χ3n) is 4.80. The van der Waals surface area contributed by atoms with Crippen LogP contribution in [0.1, 0.15) is 37.7 Å². The predicted octanol–water partition coefficient (Wildman–Crippen LogP) is 3.29. The third-order valence-corrected chi connectivity index (χ3v) is 6.71. The quantitative estimate of drug-likeness (QED) is 0.840. The zero-order chi connectivity index (χ0) is 15.0. The van der Waals surface area contributed by atoms with Gasteiger partial charge in [-0.15, -0.1) is 0 Å². The lowest BCUT2D eigenvalue weighted by Crippen LogP contribution is -2.53. The summed E-state index contributed by atoms with van der Waals surface area (Å²) in [5, 5.41) is 0. The highest BCUT2D eigenvalue weighted by Gasteiger charge is 2.43. The summed E-state index contributed by atoms with van der Waals surface area (Å²) in [5.74, 6) is 0.183. The smallest absolute Gasteiger partial charge is 0.243 e. The van der Waals surface area contributed by atoms with E-state index in [2.05, 4.69) is 0 Å². The van der Waals surface area contributed by atoms with Crippen molar-refractivity contribution in [3.63, 3.8) is 0 Å². The van der Waals surface area contributed by atoms with Crippen molar-refractivity contribution >= 4 is 10.0 Å². The lowest BCUT2D eigenvalue weighted by molar-refractivity contribution is 0.0697. The SMILES string of the molecule is Cc1ccc(S(=O)(=O)N2CC(F)C[C@@H]3CCCC[C@H]32)cc1. The molecule has 1 aromatic rings. The van der Waals surface area contributed by atoms with Crippen molar-refractivity contribution in [2.75, 3.05) is 6.54 Å². The van der Waals surface area contributed by atoms with Crippen LogP contribution in [0, 0.1) is 12.8 Å². The fourth-order valence-corrected chi connectivity index (χ4v) is 5.44. The number of sulfonamides is 1. The average molecular weight is 311 g/mol. The molecule has 21 heavy (non-hydrogen) atoms. The minimum atomic E-state index is -3.59. The van der Waals surface area contributed by atoms with Gasteiger partial charge in [-0.05, 0) is 44.2 Å². The summed E-state index contributed by atoms with van der Waals surface area (Å²) in [7, 11) is -3.59. The molecule has 1 aliphatic carbocycles. The van der Waals surface area contributed by atoms with E-state index in [1.807, 2.05) is 6.92 Å². The molecule has 0 amide bonds. The van der Waals surface area contributed by atoms with Gasteiger partial charge in [-0.2, -0.15) is 4.31 Å². The number of hydrogen-bond donors (Lipinski definition) is 0. The molecule has 0 spiro atoms. The molecule has 1 saturated heterocycles. The van der Waals surface area contributed by atoms with Gasteiger partial charge in [0.15, 0.2) is 0 Å². The summed E-state index contributed by atoms with van der Waals surface area (Å²) >= 11 is 0. The summed E-state index contributed by atoms with van der Waals surface area (Å²) in [5.41, 5.74) is 1.02. The van der Waals surface area contributed by atoms with Crippen LogP contribution in [0.3, 0.4) is 0 Å². The van der Waals surface area contributed by atoms with Gasteiger partial charge >= 0.3 is 0 Å². The zero-order valence-electron chi connectivity index (χ0n) is 12.3. The van der Waals surface area contributed by atoms with E-state index >= 15 is 0 Å². The fraction of sp³-hybridized carbons (Fsp3) is 0.625. The van der Waals surface area contributed by atoms with E-state index in [1.54, 1.807) is 24.3 Å². The van der Waals surface area contributed by atoms with Crippen molar-refractivity contribution in [1.29, 1.82) is 0 Å². The molecule has 1 heterocycles. The van der Waals surface area contributed by atoms with Gasteiger partial charge in [0.25, 0.3) is 0 Å². The number of nitrogens with zero attached hydrogens (tertiary/aromatic N) is 1. The van der Waals surface area contributed by atoms with Crippen LogP contribution in [-0.2, 0) is 10.0 Å². The lowest BCUT2D eigenvalue weighted by atomic mass is 9.79. The minimum absolute atomic E-state index is 0.0113. The predicted molar refractivity (Wildman–Crippen MR) is 80.3 cm³/mol. The summed E-state index contributed by atoms with van der Waals surface area (Å²) in [6.07, 6.45) is 3.42. The minimum Gasteiger partial charge on any atom is -0.246 e. The van der Waals surface area contributed by atoms with Crippen LogP contribution in [0.5, 0.6) is 0 Å². The largest absolute Gasteiger partial charge is 0.246 e. The van der Waals surface area contributed by atoms with Crippen LogP contribution in [-0.4, -0.2) is 31.5 Å². The highest BCUT2D eigenvalue weighted by atomic mass is 32.2. The van der Waals surface area contributed by atoms with E-state index in [9.17, 15) is 12.8 Å². The van der Waals surface area contributed by atoms with Crippen molar-refractivity contribution in [3.8, 4) is 0 Å². The van der Waals surface area contributed by atoms with Gasteiger partial charge in [0.2, 0.25) is 10.0 Å². The van der Waals surface area contributed by atoms with Crippen LogP contribution in [0.15, 0.2) is 29.2 Å². The first-order valence-electron chi connectivity index (χ1n) is 7.71. The molecule has 0 bridgehead atoms. The Hall–Kier alpha value is -0.940. The molecule has 1 aromatic carbocycles. The number of hydrogen-bond acceptors (Lipinski definition) is 2. The molecular weight excluding hydrogens is 289 g/mol. The second-order valence-corrected chi connectivity index (χ2v) is 8.22. The zero-order valence-corrected chi connectivity index (χ0v) is 13.2. The Kier molecular flexibility index (Phi) is 4.06. The molecule has 116 valence electrons. The Morgan fingerprint density at radius 1 is 1.14 bits per heavy atom. The third kappa shape index (κ3) is 2.86. The fourth-order valence-electron chi connectivity index (χ4n) is 3.70. The van der Waals surface area contributed by atoms with E-state index in [0.29, 0.717) is 6.42 Å². The summed E-state index contributed by atoms with van der Waals surface area (Å²) < 4.78 is 41.2. The van der Waals surface area contributed by atoms with Crippen LogP contribution < -0.4 is 0 Å². The Labute approximate surface area is 126 Å². The van der Waals surface area contributed by atoms with Gasteiger partial charge in [0.05, 0.1) is 4.90 Å². The number of halogens is 1. The molecule has 1 unspecified atom stereocenters. The molecule has 3 nitrogen and oxygen atoms in total. The maximum absolute atomic E-state index is 14.0. The highest BCUT2D eigenvalue weighted by molar-refractivity contribution is 7.89. The first-order chi connectivity index (χ1) is 9.98. The van der Waals surface area contributed by atoms with Crippen molar-refractivity contribution in [2.24, 2.45) is 5.92 Å². The Bertz CT molecular complexity index is 599. The molecule has 3 atom stereocenters. The first-order valence-corrected chi connectivity index (χ1v) is 9.15. The maximum atomic E-state index is 14.0. The lowest BCUT2D eigenvalue weighted by Gasteiger charge is -2.44. The van der Waals surface area contributed by atoms with Crippen LogP contribution in [0.2, 0.25) is 0 Å². The van der Waals surface area contributed by atoms with E-state index in [0.717, 1.165) is 31.2 Å². The van der Waals surface area contributed by atoms with Gasteiger partial charge in [0.1, 0.15) is 6.17 Å². The van der Waals surface area contributed by atoms with Crippen LogP contribution >= 0.6 is 0 Å². The summed E-state index contributed by atoms with van der Waals surface area (Å²) in [6, 6.07) is 6.83. The second-order valence-electron chi connectivity index (χ2n) is 6.33. The number of alkyl halides is 1. The maximum Gasteiger partial charge on any atom is 0.243 e. The summed E-state index contributed by atoms with van der Waals surface area (Å²) in [4.78, 5) is 0.284. The Morgan fingerprint density at radius 3 is 2.52 bits per heavy atom. The van der Waals surface area contributed by atoms with Gasteiger partial charge < -0.3 is 0 Å². The molecule has 0 radical (unpaired) electrons. The van der Waals surface area contributed by atoms with Crippen LogP contribution in [0.25, 0.3) is 0 Å². The molecular formula is C16H22FNO2S. The Morgan fingerprint density at radius 2 is 1.81 bits per heavy atom. The van der Waals surface area contributed by atoms with E-state index in [1.165, 1.54) is 4.31 Å².